The first kappa shape index (κ1) is 27.5. The van der Waals surface area contributed by atoms with Crippen LogP contribution in [-0.4, -0.2) is 37.6 Å². The number of rotatable bonds is 8. The molecule has 5 rings (SSSR count). The van der Waals surface area contributed by atoms with Gasteiger partial charge in [-0.3, -0.25) is 9.36 Å². The Morgan fingerprint density at radius 3 is 2.45 bits per heavy atom. The van der Waals surface area contributed by atoms with Crippen LogP contribution in [0.15, 0.2) is 93.1 Å². The molecule has 0 amide bonds. The van der Waals surface area contributed by atoms with Gasteiger partial charge in [0.25, 0.3) is 5.56 Å². The predicted molar refractivity (Wildman–Crippen MR) is 159 cm³/mol. The Morgan fingerprint density at radius 2 is 1.80 bits per heavy atom. The van der Waals surface area contributed by atoms with Gasteiger partial charge in [0.05, 0.1) is 42.7 Å². The molecule has 0 aliphatic carbocycles. The zero-order valence-electron chi connectivity index (χ0n) is 22.5. The van der Waals surface area contributed by atoms with Crippen LogP contribution in [0.4, 0.5) is 0 Å². The van der Waals surface area contributed by atoms with Gasteiger partial charge in [0.2, 0.25) is 0 Å². The lowest BCUT2D eigenvalue weighted by atomic mass is 9.93. The van der Waals surface area contributed by atoms with Gasteiger partial charge in [-0.15, -0.1) is 11.8 Å². The normalized spacial score (nSPS) is 14.9. The minimum absolute atomic E-state index is 0.199. The van der Waals surface area contributed by atoms with Crippen molar-refractivity contribution < 1.29 is 19.0 Å². The van der Waals surface area contributed by atoms with Crippen molar-refractivity contribution in [2.45, 2.75) is 17.9 Å². The molecule has 1 aliphatic heterocycles. The Kier molecular flexibility index (Phi) is 8.23. The van der Waals surface area contributed by atoms with Crippen LogP contribution >= 0.6 is 23.1 Å². The van der Waals surface area contributed by atoms with Gasteiger partial charge in [0.1, 0.15) is 11.5 Å². The zero-order chi connectivity index (χ0) is 28.2. The van der Waals surface area contributed by atoms with Crippen LogP contribution in [-0.2, 0) is 9.53 Å². The van der Waals surface area contributed by atoms with Gasteiger partial charge >= 0.3 is 5.97 Å². The van der Waals surface area contributed by atoms with Gasteiger partial charge in [-0.05, 0) is 49.1 Å². The summed E-state index contributed by atoms with van der Waals surface area (Å²) < 4.78 is 18.5. The summed E-state index contributed by atoms with van der Waals surface area (Å²) in [6, 6.07) is 22.1. The number of thiazole rings is 1. The van der Waals surface area contributed by atoms with Gasteiger partial charge in [-0.1, -0.05) is 53.8 Å². The highest BCUT2D eigenvalue weighted by molar-refractivity contribution is 7.98. The Labute approximate surface area is 240 Å². The zero-order valence-corrected chi connectivity index (χ0v) is 24.2. The van der Waals surface area contributed by atoms with Crippen molar-refractivity contribution in [1.29, 1.82) is 0 Å². The molecule has 204 valence electrons. The molecular formula is C31H28N2O5S2. The fraction of sp³-hybridized carbons (Fsp3) is 0.194. The summed E-state index contributed by atoms with van der Waals surface area (Å²) >= 11 is 2.89. The monoisotopic (exact) mass is 572 g/mol. The van der Waals surface area contributed by atoms with E-state index in [-0.39, 0.29) is 12.2 Å². The fourth-order valence-corrected chi connectivity index (χ4v) is 6.02. The number of esters is 1. The minimum atomic E-state index is -0.721. The van der Waals surface area contributed by atoms with Crippen molar-refractivity contribution in [3.05, 3.63) is 115 Å². The molecule has 7 nitrogen and oxygen atoms in total. The quantitative estimate of drug-likeness (QED) is 0.226. The van der Waals surface area contributed by atoms with Crippen molar-refractivity contribution in [3.63, 3.8) is 0 Å². The molecule has 1 aliphatic rings. The Morgan fingerprint density at radius 1 is 1.05 bits per heavy atom. The number of carbonyl (C=O) groups is 1. The van der Waals surface area contributed by atoms with Crippen molar-refractivity contribution in [3.8, 4) is 11.5 Å². The molecule has 0 spiro atoms. The molecule has 0 unspecified atom stereocenters. The SMILES string of the molecule is CCOC(=O)C1=C(c2ccccc2)N=c2s/c(=C\c3ccc(OC)cc3OC)c(=O)n2[C@@H]1c1ccc(SC)cc1. The summed E-state index contributed by atoms with van der Waals surface area (Å²) in [5, 5.41) is 0. The third kappa shape index (κ3) is 5.22. The number of fused-ring (bicyclic) bond motifs is 1. The van der Waals surface area contributed by atoms with E-state index in [1.165, 1.54) is 11.3 Å². The maximum absolute atomic E-state index is 14.1. The highest BCUT2D eigenvalue weighted by atomic mass is 32.2. The average molecular weight is 573 g/mol. The summed E-state index contributed by atoms with van der Waals surface area (Å²) in [5.41, 5.74) is 2.85. The number of benzene rings is 3. The van der Waals surface area contributed by atoms with Gasteiger partial charge in [0.15, 0.2) is 4.80 Å². The lowest BCUT2D eigenvalue weighted by Crippen LogP contribution is -2.40. The van der Waals surface area contributed by atoms with E-state index in [1.54, 1.807) is 49.6 Å². The maximum Gasteiger partial charge on any atom is 0.338 e. The summed E-state index contributed by atoms with van der Waals surface area (Å²) in [5.74, 6) is 0.720. The Balaban J connectivity index is 1.81. The van der Waals surface area contributed by atoms with Gasteiger partial charge < -0.3 is 14.2 Å². The van der Waals surface area contributed by atoms with Crippen LogP contribution < -0.4 is 24.4 Å². The van der Waals surface area contributed by atoms with Gasteiger partial charge in [0, 0.05) is 22.1 Å². The van der Waals surface area contributed by atoms with E-state index < -0.39 is 12.0 Å². The first-order valence-corrected chi connectivity index (χ1v) is 14.7. The number of carbonyl (C=O) groups excluding carboxylic acids is 1. The van der Waals surface area contributed by atoms with E-state index in [0.717, 1.165) is 21.6 Å². The molecule has 9 heteroatoms. The van der Waals surface area contributed by atoms with Gasteiger partial charge in [-0.2, -0.15) is 0 Å². The molecule has 0 radical (unpaired) electrons. The number of thioether (sulfide) groups is 1. The van der Waals surface area contributed by atoms with Crippen LogP contribution in [0.3, 0.4) is 0 Å². The second kappa shape index (κ2) is 12.0. The number of hydrogen-bond acceptors (Lipinski definition) is 8. The van der Waals surface area contributed by atoms with E-state index in [1.807, 2.05) is 73.0 Å². The molecule has 0 N–H and O–H groups in total. The molecule has 3 aromatic carbocycles. The van der Waals surface area contributed by atoms with Gasteiger partial charge in [-0.25, -0.2) is 9.79 Å². The van der Waals surface area contributed by atoms with Crippen molar-refractivity contribution in [2.75, 3.05) is 27.1 Å². The first-order valence-electron chi connectivity index (χ1n) is 12.6. The molecule has 0 saturated carbocycles. The second-order valence-electron chi connectivity index (χ2n) is 8.81. The fourth-order valence-electron chi connectivity index (χ4n) is 4.62. The third-order valence-electron chi connectivity index (χ3n) is 6.53. The Bertz CT molecular complexity index is 1760. The van der Waals surface area contributed by atoms with E-state index in [0.29, 0.717) is 32.1 Å². The number of aromatic nitrogens is 1. The van der Waals surface area contributed by atoms with E-state index in [2.05, 4.69) is 0 Å². The summed E-state index contributed by atoms with van der Waals surface area (Å²) in [4.78, 5) is 34.1. The summed E-state index contributed by atoms with van der Waals surface area (Å²) in [7, 11) is 3.16. The molecule has 1 aromatic heterocycles. The second-order valence-corrected chi connectivity index (χ2v) is 10.7. The minimum Gasteiger partial charge on any atom is -0.497 e. The largest absolute Gasteiger partial charge is 0.497 e. The summed E-state index contributed by atoms with van der Waals surface area (Å²) in [6.07, 6.45) is 3.79. The van der Waals surface area contributed by atoms with Crippen LogP contribution in [0.25, 0.3) is 11.8 Å². The smallest absolute Gasteiger partial charge is 0.338 e. The van der Waals surface area contributed by atoms with Crippen molar-refractivity contribution in [2.24, 2.45) is 4.99 Å². The molecule has 2 heterocycles. The maximum atomic E-state index is 14.1. The van der Waals surface area contributed by atoms with Crippen LogP contribution in [0.1, 0.15) is 29.7 Å². The average Bonchev–Trinajstić information content (AvgIpc) is 3.31. The van der Waals surface area contributed by atoms with E-state index >= 15 is 0 Å². The topological polar surface area (TPSA) is 79.1 Å². The first-order chi connectivity index (χ1) is 19.5. The number of methoxy groups -OCH3 is 2. The molecule has 0 bridgehead atoms. The molecule has 4 aromatic rings. The van der Waals surface area contributed by atoms with Crippen LogP contribution in [0.2, 0.25) is 0 Å². The molecular weight excluding hydrogens is 544 g/mol. The van der Waals surface area contributed by atoms with E-state index in [4.69, 9.17) is 19.2 Å². The predicted octanol–water partition coefficient (Wildman–Crippen LogP) is 4.67. The molecule has 40 heavy (non-hydrogen) atoms. The van der Waals surface area contributed by atoms with Crippen LogP contribution in [0.5, 0.6) is 11.5 Å². The highest BCUT2D eigenvalue weighted by Gasteiger charge is 2.35. The standard InChI is InChI=1S/C31H28N2O5S2/c1-5-38-30(35)26-27(19-9-7-6-8-10-19)32-31-33(28(26)20-12-15-23(39-4)16-13-20)29(34)25(40-31)17-21-11-14-22(36-2)18-24(21)37-3/h6-18,28H,5H2,1-4H3/b25-17-/t28-/m1/s1. The number of ether oxygens (including phenoxy) is 3. The number of hydrogen-bond donors (Lipinski definition) is 0. The molecule has 1 atom stereocenters. The Hall–Kier alpha value is -4.08. The summed E-state index contributed by atoms with van der Waals surface area (Å²) in [6.45, 7) is 1.96. The lowest BCUT2D eigenvalue weighted by molar-refractivity contribution is -0.138. The van der Waals surface area contributed by atoms with Crippen molar-refractivity contribution in [1.82, 2.24) is 4.57 Å². The number of nitrogens with zero attached hydrogens (tertiary/aromatic N) is 2. The molecule has 0 saturated heterocycles. The molecule has 0 fully saturated rings. The van der Waals surface area contributed by atoms with Crippen LogP contribution in [0, 0.1) is 0 Å². The lowest BCUT2D eigenvalue weighted by Gasteiger charge is -2.26. The highest BCUT2D eigenvalue weighted by Crippen LogP contribution is 2.35. The van der Waals surface area contributed by atoms with Crippen molar-refractivity contribution >= 4 is 40.8 Å². The van der Waals surface area contributed by atoms with E-state index in [9.17, 15) is 9.59 Å². The third-order valence-corrected chi connectivity index (χ3v) is 8.26.